The predicted molar refractivity (Wildman–Crippen MR) is 168 cm³/mol. The lowest BCUT2D eigenvalue weighted by Gasteiger charge is -2.30. The summed E-state index contributed by atoms with van der Waals surface area (Å²) in [6, 6.07) is 7.52. The van der Waals surface area contributed by atoms with E-state index in [9.17, 15) is 29.1 Å². The molecule has 3 aliphatic rings. The second kappa shape index (κ2) is 15.7. The summed E-state index contributed by atoms with van der Waals surface area (Å²) in [7, 11) is 0. The number of fused-ring (bicyclic) bond motifs is 14. The first-order valence-electron chi connectivity index (χ1n) is 15.8. The van der Waals surface area contributed by atoms with Gasteiger partial charge in [0.25, 0.3) is 5.91 Å². The minimum Gasteiger partial charge on any atom is -0.491 e. The number of benzene rings is 1. The number of rotatable bonds is 5. The molecule has 5 amide bonds. The highest BCUT2D eigenvalue weighted by molar-refractivity contribution is 5.98. The zero-order chi connectivity index (χ0) is 33.4. The van der Waals surface area contributed by atoms with Crippen LogP contribution in [0.25, 0.3) is 0 Å². The van der Waals surface area contributed by atoms with E-state index in [0.717, 1.165) is 5.56 Å². The molecule has 0 unspecified atom stereocenters. The van der Waals surface area contributed by atoms with Gasteiger partial charge in [0.1, 0.15) is 42.2 Å². The Hall–Kier alpha value is -4.52. The lowest BCUT2D eigenvalue weighted by Crippen LogP contribution is -2.58. The van der Waals surface area contributed by atoms with Crippen molar-refractivity contribution in [3.05, 3.63) is 59.9 Å². The Balaban J connectivity index is 1.65. The molecule has 1 fully saturated rings. The van der Waals surface area contributed by atoms with Crippen molar-refractivity contribution in [1.29, 1.82) is 0 Å². The van der Waals surface area contributed by atoms with Crippen LogP contribution in [0, 0.1) is 5.92 Å². The molecule has 1 aromatic carbocycles. The number of amides is 5. The number of aliphatic hydroxyl groups excluding tert-OH is 1. The van der Waals surface area contributed by atoms with Crippen LogP contribution < -0.4 is 26.0 Å². The van der Waals surface area contributed by atoms with Crippen LogP contribution in [-0.2, 0) is 25.6 Å². The van der Waals surface area contributed by atoms with E-state index < -0.39 is 59.8 Å². The van der Waals surface area contributed by atoms with Crippen LogP contribution in [0.2, 0.25) is 0 Å². The van der Waals surface area contributed by atoms with E-state index in [1.807, 2.05) is 13.8 Å². The Kier molecular flexibility index (Phi) is 11.7. The smallest absolute Gasteiger partial charge is 0.270 e. The van der Waals surface area contributed by atoms with Gasteiger partial charge in [-0.15, -0.1) is 0 Å². The summed E-state index contributed by atoms with van der Waals surface area (Å²) >= 11 is 0. The monoisotopic (exact) mass is 636 g/mol. The average molecular weight is 637 g/mol. The molecule has 4 heterocycles. The van der Waals surface area contributed by atoms with E-state index in [4.69, 9.17) is 4.74 Å². The molecule has 13 heteroatoms. The molecule has 248 valence electrons. The highest BCUT2D eigenvalue weighted by Gasteiger charge is 2.42. The maximum Gasteiger partial charge on any atom is 0.270 e. The molecule has 0 radical (unpaired) electrons. The molecule has 0 aliphatic carbocycles. The molecule has 2 bridgehead atoms. The van der Waals surface area contributed by atoms with Crippen molar-refractivity contribution in [3.63, 3.8) is 0 Å². The second-order valence-corrected chi connectivity index (χ2v) is 12.3. The first-order chi connectivity index (χ1) is 21.9. The molecule has 0 saturated carbocycles. The van der Waals surface area contributed by atoms with Crippen LogP contribution in [-0.4, -0.2) is 94.0 Å². The van der Waals surface area contributed by atoms with E-state index in [-0.39, 0.29) is 50.1 Å². The Morgan fingerprint density at radius 2 is 1.78 bits per heavy atom. The fourth-order valence-corrected chi connectivity index (χ4v) is 5.65. The summed E-state index contributed by atoms with van der Waals surface area (Å²) in [6.45, 7) is 7.40. The molecular formula is C33H44N6O7. The molecule has 13 nitrogen and oxygen atoms in total. The van der Waals surface area contributed by atoms with Crippen molar-refractivity contribution in [2.45, 2.75) is 89.7 Å². The number of carbonyl (C=O) groups is 5. The van der Waals surface area contributed by atoms with Gasteiger partial charge in [-0.3, -0.25) is 29.0 Å². The van der Waals surface area contributed by atoms with Crippen LogP contribution in [0.15, 0.2) is 48.7 Å². The molecule has 0 spiro atoms. The third-order valence-electron chi connectivity index (χ3n) is 8.08. The van der Waals surface area contributed by atoms with Gasteiger partial charge in [-0.05, 0) is 55.5 Å². The first kappa shape index (κ1) is 34.4. The van der Waals surface area contributed by atoms with Gasteiger partial charge in [-0.25, -0.2) is 0 Å². The fraction of sp³-hybridized carbons (Fsp3) is 0.515. The van der Waals surface area contributed by atoms with Crippen molar-refractivity contribution in [2.24, 2.45) is 5.92 Å². The SMILES string of the molecule is CC[C@@H]1NC(=O)[C@@H](NC(=O)c2ccccn2)Cc2ccc(cc2)OC[C@H](CC(C)C)NC(=O)[C@@H](C)NC(=O)[C@@H]2C[C@@H](O)CN2C1=O. The number of nitrogens with zero attached hydrogens (tertiary/aromatic N) is 2. The second-order valence-electron chi connectivity index (χ2n) is 12.3. The highest BCUT2D eigenvalue weighted by atomic mass is 16.5. The fourth-order valence-electron chi connectivity index (χ4n) is 5.65. The lowest BCUT2D eigenvalue weighted by atomic mass is 10.0. The van der Waals surface area contributed by atoms with Gasteiger partial charge in [-0.1, -0.05) is 39.0 Å². The maximum atomic E-state index is 13.7. The Morgan fingerprint density at radius 1 is 1.04 bits per heavy atom. The lowest BCUT2D eigenvalue weighted by molar-refractivity contribution is -0.142. The van der Waals surface area contributed by atoms with Crippen LogP contribution >= 0.6 is 0 Å². The quantitative estimate of drug-likeness (QED) is 0.298. The zero-order valence-corrected chi connectivity index (χ0v) is 26.7. The number of hydrogen-bond donors (Lipinski definition) is 5. The number of pyridine rings is 1. The van der Waals surface area contributed by atoms with Crippen molar-refractivity contribution in [1.82, 2.24) is 31.2 Å². The van der Waals surface area contributed by atoms with Gasteiger partial charge in [0.15, 0.2) is 0 Å². The van der Waals surface area contributed by atoms with E-state index in [2.05, 4.69) is 26.3 Å². The number of ether oxygens (including phenoxy) is 1. The van der Waals surface area contributed by atoms with E-state index >= 15 is 0 Å². The molecule has 3 aliphatic heterocycles. The van der Waals surface area contributed by atoms with Gasteiger partial charge in [-0.2, -0.15) is 0 Å². The van der Waals surface area contributed by atoms with Crippen molar-refractivity contribution in [2.75, 3.05) is 13.2 Å². The normalized spacial score (nSPS) is 26.4. The Morgan fingerprint density at radius 3 is 2.43 bits per heavy atom. The minimum atomic E-state index is -1.07. The molecule has 5 rings (SSSR count). The van der Waals surface area contributed by atoms with Gasteiger partial charge < -0.3 is 36.0 Å². The predicted octanol–water partition coefficient (Wildman–Crippen LogP) is 0.707. The molecule has 5 N–H and O–H groups in total. The summed E-state index contributed by atoms with van der Waals surface area (Å²) < 4.78 is 6.01. The average Bonchev–Trinajstić information content (AvgIpc) is 3.43. The Labute approximate surface area is 268 Å². The number of hydrogen-bond acceptors (Lipinski definition) is 8. The van der Waals surface area contributed by atoms with Crippen molar-refractivity contribution < 1.29 is 33.8 Å². The van der Waals surface area contributed by atoms with E-state index in [1.54, 1.807) is 50.2 Å². The number of carbonyl (C=O) groups excluding carboxylic acids is 5. The van der Waals surface area contributed by atoms with Crippen LogP contribution in [0.3, 0.4) is 0 Å². The van der Waals surface area contributed by atoms with E-state index in [0.29, 0.717) is 12.2 Å². The van der Waals surface area contributed by atoms with Gasteiger partial charge in [0, 0.05) is 25.6 Å². The van der Waals surface area contributed by atoms with Crippen LogP contribution in [0.4, 0.5) is 0 Å². The molecule has 6 atom stereocenters. The first-order valence-corrected chi connectivity index (χ1v) is 15.8. The molecular weight excluding hydrogens is 592 g/mol. The van der Waals surface area contributed by atoms with Crippen molar-refractivity contribution in [3.8, 4) is 5.75 Å². The topological polar surface area (TPSA) is 179 Å². The van der Waals surface area contributed by atoms with Crippen molar-refractivity contribution >= 4 is 29.5 Å². The Bertz CT molecular complexity index is 1390. The third kappa shape index (κ3) is 9.03. The number of aliphatic hydroxyl groups is 1. The van der Waals surface area contributed by atoms with Crippen LogP contribution in [0.5, 0.6) is 5.75 Å². The largest absolute Gasteiger partial charge is 0.491 e. The summed E-state index contributed by atoms with van der Waals surface area (Å²) in [6.07, 6.45) is 1.42. The zero-order valence-electron chi connectivity index (χ0n) is 26.7. The van der Waals surface area contributed by atoms with Crippen LogP contribution in [0.1, 0.15) is 63.0 Å². The summed E-state index contributed by atoms with van der Waals surface area (Å²) in [5.41, 5.74) is 0.855. The number of aromatic nitrogens is 1. The molecule has 46 heavy (non-hydrogen) atoms. The summed E-state index contributed by atoms with van der Waals surface area (Å²) in [5.74, 6) is -1.88. The maximum absolute atomic E-state index is 13.7. The standard InChI is InChI=1S/C33H44N6O7/c1-5-25-33(45)39-17-23(40)16-28(39)32(44)35-20(4)29(41)36-22(14-19(2)3)18-46-24-11-9-21(10-12-24)15-27(31(43)37-25)38-30(42)26-8-6-7-13-34-26/h6-13,19-20,22-23,25,27-28,40H,5,14-18H2,1-4H3,(H,35,44)(H,36,41)(H,37,43)(H,38,42)/t20-,22+,23-,25+,27+,28+/m1/s1. The summed E-state index contributed by atoms with van der Waals surface area (Å²) in [4.78, 5) is 72.3. The molecule has 1 saturated heterocycles. The van der Waals surface area contributed by atoms with Gasteiger partial charge in [0.05, 0.1) is 12.1 Å². The molecule has 2 aromatic rings. The highest BCUT2D eigenvalue weighted by Crippen LogP contribution is 2.21. The summed E-state index contributed by atoms with van der Waals surface area (Å²) in [5, 5.41) is 21.6. The van der Waals surface area contributed by atoms with E-state index in [1.165, 1.54) is 17.2 Å². The minimum absolute atomic E-state index is 0.0154. The van der Waals surface area contributed by atoms with Gasteiger partial charge >= 0.3 is 0 Å². The van der Waals surface area contributed by atoms with Gasteiger partial charge in [0.2, 0.25) is 23.6 Å². The molecule has 1 aromatic heterocycles. The third-order valence-corrected chi connectivity index (χ3v) is 8.08. The number of nitrogens with one attached hydrogen (secondary N) is 4.